The fourth-order valence-corrected chi connectivity index (χ4v) is 2.25. The number of hydrogen-bond acceptors (Lipinski definition) is 6. The van der Waals surface area contributed by atoms with Gasteiger partial charge in [0.1, 0.15) is 21.7 Å². The summed E-state index contributed by atoms with van der Waals surface area (Å²) in [4.78, 5) is 13.0. The molecule has 0 saturated heterocycles. The highest BCUT2D eigenvalue weighted by molar-refractivity contribution is 7.99. The number of nitrogens with two attached hydrogens (primary N) is 1. The van der Waals surface area contributed by atoms with E-state index in [1.54, 1.807) is 6.20 Å². The summed E-state index contributed by atoms with van der Waals surface area (Å²) in [5.41, 5.74) is 2.57. The van der Waals surface area contributed by atoms with Gasteiger partial charge >= 0.3 is 0 Å². The van der Waals surface area contributed by atoms with E-state index in [-0.39, 0.29) is 0 Å². The second-order valence-electron chi connectivity index (χ2n) is 3.67. The average molecular weight is 261 g/mol. The molecule has 94 valence electrons. The van der Waals surface area contributed by atoms with Gasteiger partial charge in [-0.05, 0) is 30.3 Å². The Morgan fingerprint density at radius 2 is 2.17 bits per heavy atom. The van der Waals surface area contributed by atoms with Crippen LogP contribution in [0.4, 0.5) is 5.82 Å². The van der Waals surface area contributed by atoms with Gasteiger partial charge in [-0.25, -0.2) is 20.8 Å². The molecular weight excluding hydrogens is 246 g/mol. The molecule has 2 aromatic heterocycles. The predicted octanol–water partition coefficient (Wildman–Crippen LogP) is 2.26. The number of rotatable bonds is 5. The Morgan fingerprint density at radius 3 is 2.83 bits per heavy atom. The maximum absolute atomic E-state index is 5.41. The van der Waals surface area contributed by atoms with Crippen LogP contribution >= 0.6 is 11.8 Å². The molecule has 0 saturated carbocycles. The highest BCUT2D eigenvalue weighted by Crippen LogP contribution is 2.25. The van der Waals surface area contributed by atoms with Crippen LogP contribution in [0.3, 0.4) is 0 Å². The van der Waals surface area contributed by atoms with Crippen molar-refractivity contribution in [1.82, 2.24) is 15.0 Å². The molecule has 0 aliphatic carbocycles. The van der Waals surface area contributed by atoms with Gasteiger partial charge in [0.05, 0.1) is 0 Å². The van der Waals surface area contributed by atoms with E-state index in [1.165, 1.54) is 11.8 Å². The topological polar surface area (TPSA) is 76.7 Å². The molecule has 0 bridgehead atoms. The number of hydrogen-bond donors (Lipinski definition) is 2. The zero-order valence-corrected chi connectivity index (χ0v) is 10.9. The summed E-state index contributed by atoms with van der Waals surface area (Å²) in [6, 6.07) is 7.60. The molecule has 0 spiro atoms. The Labute approximate surface area is 110 Å². The third-order valence-electron chi connectivity index (χ3n) is 2.22. The van der Waals surface area contributed by atoms with Crippen molar-refractivity contribution in [2.45, 2.75) is 29.8 Å². The lowest BCUT2D eigenvalue weighted by Gasteiger charge is -2.06. The summed E-state index contributed by atoms with van der Waals surface area (Å²) in [7, 11) is 0. The molecular formula is C12H15N5S. The molecule has 2 rings (SSSR count). The zero-order chi connectivity index (χ0) is 12.8. The van der Waals surface area contributed by atoms with Crippen molar-refractivity contribution in [1.29, 1.82) is 0 Å². The van der Waals surface area contributed by atoms with Crippen LogP contribution in [0.15, 0.2) is 40.5 Å². The Balaban J connectivity index is 2.24. The van der Waals surface area contributed by atoms with Crippen molar-refractivity contribution in [3.05, 3.63) is 36.3 Å². The van der Waals surface area contributed by atoms with Crippen LogP contribution in [0.25, 0.3) is 0 Å². The molecule has 0 radical (unpaired) electrons. The van der Waals surface area contributed by atoms with Gasteiger partial charge in [-0.1, -0.05) is 13.0 Å². The minimum absolute atomic E-state index is 0.631. The molecule has 2 heterocycles. The molecule has 0 unspecified atom stereocenters. The van der Waals surface area contributed by atoms with Gasteiger partial charge in [0.15, 0.2) is 0 Å². The molecule has 0 aliphatic rings. The number of anilines is 1. The van der Waals surface area contributed by atoms with Crippen molar-refractivity contribution in [3.63, 3.8) is 0 Å². The van der Waals surface area contributed by atoms with Crippen LogP contribution in [-0.2, 0) is 6.42 Å². The predicted molar refractivity (Wildman–Crippen MR) is 72.2 cm³/mol. The number of nitrogen functional groups attached to an aromatic ring is 1. The van der Waals surface area contributed by atoms with E-state index < -0.39 is 0 Å². The monoisotopic (exact) mass is 261 g/mol. The molecule has 0 aromatic carbocycles. The van der Waals surface area contributed by atoms with Crippen molar-refractivity contribution >= 4 is 17.6 Å². The molecule has 3 N–H and O–H groups in total. The van der Waals surface area contributed by atoms with E-state index in [1.807, 2.05) is 24.3 Å². The van der Waals surface area contributed by atoms with Gasteiger partial charge in [-0.15, -0.1) is 0 Å². The number of hydrazine groups is 1. The molecule has 6 heteroatoms. The first kappa shape index (κ1) is 12.8. The van der Waals surface area contributed by atoms with Gasteiger partial charge in [-0.2, -0.15) is 0 Å². The van der Waals surface area contributed by atoms with Gasteiger partial charge in [-0.3, -0.25) is 0 Å². The standard InChI is InChI=1S/C12H15N5S/c1-2-5-9-15-10(17-13)8-12(16-9)18-11-6-3-4-7-14-11/h3-4,6-8H,2,5,13H2,1H3,(H,15,16,17). The van der Waals surface area contributed by atoms with Crippen molar-refractivity contribution in [2.75, 3.05) is 5.43 Å². The minimum atomic E-state index is 0.631. The van der Waals surface area contributed by atoms with Crippen LogP contribution in [0, 0.1) is 0 Å². The second kappa shape index (κ2) is 6.32. The Kier molecular flexibility index (Phi) is 4.49. The summed E-state index contributed by atoms with van der Waals surface area (Å²) in [6.07, 6.45) is 3.60. The van der Waals surface area contributed by atoms with Gasteiger partial charge in [0.25, 0.3) is 0 Å². The molecule has 2 aromatic rings. The number of aromatic nitrogens is 3. The minimum Gasteiger partial charge on any atom is -0.308 e. The largest absolute Gasteiger partial charge is 0.308 e. The lowest BCUT2D eigenvalue weighted by molar-refractivity contribution is 0.810. The molecule has 0 aliphatic heterocycles. The lowest BCUT2D eigenvalue weighted by atomic mass is 10.3. The van der Waals surface area contributed by atoms with Gasteiger partial charge in [0, 0.05) is 18.7 Å². The molecule has 18 heavy (non-hydrogen) atoms. The van der Waals surface area contributed by atoms with Crippen LogP contribution in [-0.4, -0.2) is 15.0 Å². The van der Waals surface area contributed by atoms with Gasteiger partial charge in [0.2, 0.25) is 0 Å². The number of pyridine rings is 1. The van der Waals surface area contributed by atoms with Crippen molar-refractivity contribution in [3.8, 4) is 0 Å². The number of nitrogens with zero attached hydrogens (tertiary/aromatic N) is 3. The first-order valence-corrected chi connectivity index (χ1v) is 6.57. The quantitative estimate of drug-likeness (QED) is 0.488. The van der Waals surface area contributed by atoms with Crippen LogP contribution in [0.2, 0.25) is 0 Å². The first-order chi connectivity index (χ1) is 8.81. The van der Waals surface area contributed by atoms with Crippen molar-refractivity contribution < 1.29 is 0 Å². The Morgan fingerprint density at radius 1 is 1.28 bits per heavy atom. The average Bonchev–Trinajstić information content (AvgIpc) is 2.40. The third kappa shape index (κ3) is 3.41. The lowest BCUT2D eigenvalue weighted by Crippen LogP contribution is -2.10. The van der Waals surface area contributed by atoms with Crippen LogP contribution in [0.1, 0.15) is 19.2 Å². The first-order valence-electron chi connectivity index (χ1n) is 5.75. The number of nitrogens with one attached hydrogen (secondary N) is 1. The highest BCUT2D eigenvalue weighted by atomic mass is 32.2. The van der Waals surface area contributed by atoms with E-state index >= 15 is 0 Å². The Bertz CT molecular complexity index is 503. The highest BCUT2D eigenvalue weighted by Gasteiger charge is 2.05. The van der Waals surface area contributed by atoms with Gasteiger partial charge < -0.3 is 5.43 Å². The van der Waals surface area contributed by atoms with E-state index in [2.05, 4.69) is 27.3 Å². The fraction of sp³-hybridized carbons (Fsp3) is 0.250. The van der Waals surface area contributed by atoms with Crippen LogP contribution < -0.4 is 11.3 Å². The van der Waals surface area contributed by atoms with E-state index in [0.717, 1.165) is 28.7 Å². The van der Waals surface area contributed by atoms with E-state index in [4.69, 9.17) is 5.84 Å². The van der Waals surface area contributed by atoms with Crippen LogP contribution in [0.5, 0.6) is 0 Å². The number of aryl methyl sites for hydroxylation is 1. The third-order valence-corrected chi connectivity index (χ3v) is 3.09. The maximum Gasteiger partial charge on any atom is 0.144 e. The molecule has 5 nitrogen and oxygen atoms in total. The summed E-state index contributed by atoms with van der Waals surface area (Å²) in [5.74, 6) is 6.84. The SMILES string of the molecule is CCCc1nc(NN)cc(Sc2ccccn2)n1. The van der Waals surface area contributed by atoms with Crippen molar-refractivity contribution in [2.24, 2.45) is 5.84 Å². The summed E-state index contributed by atoms with van der Waals surface area (Å²) < 4.78 is 0. The summed E-state index contributed by atoms with van der Waals surface area (Å²) in [5, 5.41) is 1.75. The zero-order valence-electron chi connectivity index (χ0n) is 10.1. The molecule has 0 fully saturated rings. The molecule has 0 atom stereocenters. The molecule has 0 amide bonds. The summed E-state index contributed by atoms with van der Waals surface area (Å²) in [6.45, 7) is 2.09. The second-order valence-corrected chi connectivity index (χ2v) is 4.71. The Hall–Kier alpha value is -1.66. The van der Waals surface area contributed by atoms with E-state index in [9.17, 15) is 0 Å². The summed E-state index contributed by atoms with van der Waals surface area (Å²) >= 11 is 1.50. The maximum atomic E-state index is 5.41. The van der Waals surface area contributed by atoms with E-state index in [0.29, 0.717) is 5.82 Å². The fourth-order valence-electron chi connectivity index (χ4n) is 1.45. The smallest absolute Gasteiger partial charge is 0.144 e. The normalized spacial score (nSPS) is 10.3.